The molecule has 1 aromatic rings. The maximum absolute atomic E-state index is 4.61. The van der Waals surface area contributed by atoms with Gasteiger partial charge in [-0.3, -0.25) is 9.88 Å². The quantitative estimate of drug-likeness (QED) is 0.827. The first-order valence-corrected chi connectivity index (χ1v) is 8.33. The molecule has 116 valence electrons. The smallest absolute Gasteiger partial charge is 0.147 e. The van der Waals surface area contributed by atoms with Crippen molar-refractivity contribution in [2.45, 2.75) is 51.7 Å². The summed E-state index contributed by atoms with van der Waals surface area (Å²) in [5.41, 5.74) is 1.05. The molecule has 0 spiro atoms. The molecule has 2 aliphatic rings. The van der Waals surface area contributed by atoms with Crippen LogP contribution in [-0.2, 0) is 6.54 Å². The van der Waals surface area contributed by atoms with Crippen molar-refractivity contribution >= 4 is 5.82 Å². The Bertz CT molecular complexity index is 438. The second kappa shape index (κ2) is 6.71. The highest BCUT2D eigenvalue weighted by atomic mass is 15.3. The zero-order valence-electron chi connectivity index (χ0n) is 13.3. The molecule has 2 fully saturated rings. The number of hydrogen-bond acceptors (Lipinski definition) is 5. The minimum atomic E-state index is 0.665. The average molecular weight is 289 g/mol. The summed E-state index contributed by atoms with van der Waals surface area (Å²) in [5.74, 6) is 1.03. The Morgan fingerprint density at radius 1 is 1.19 bits per heavy atom. The predicted octanol–water partition coefficient (Wildman–Crippen LogP) is 1.65. The number of rotatable bonds is 7. The number of hydrogen-bond donors (Lipinski definition) is 1. The molecule has 1 N–H and O–H groups in total. The standard InChI is InChI=1S/C16H27N5/c1-3-20(4-2)15-7-8-21(12-15)16-11-18-14(10-19-16)9-17-13-5-6-13/h10-11,13,15,17H,3-9,12H2,1-2H3. The van der Waals surface area contributed by atoms with Crippen molar-refractivity contribution in [3.05, 3.63) is 18.1 Å². The summed E-state index contributed by atoms with van der Waals surface area (Å²) >= 11 is 0. The van der Waals surface area contributed by atoms with Crippen LogP contribution in [0.5, 0.6) is 0 Å². The molecule has 3 rings (SSSR count). The van der Waals surface area contributed by atoms with E-state index in [1.165, 1.54) is 19.3 Å². The lowest BCUT2D eigenvalue weighted by Gasteiger charge is -2.26. The fourth-order valence-electron chi connectivity index (χ4n) is 3.13. The van der Waals surface area contributed by atoms with Crippen LogP contribution in [-0.4, -0.2) is 53.1 Å². The van der Waals surface area contributed by atoms with E-state index in [0.717, 1.165) is 50.3 Å². The van der Waals surface area contributed by atoms with E-state index in [9.17, 15) is 0 Å². The van der Waals surface area contributed by atoms with Crippen molar-refractivity contribution in [3.63, 3.8) is 0 Å². The van der Waals surface area contributed by atoms with E-state index < -0.39 is 0 Å². The topological polar surface area (TPSA) is 44.3 Å². The zero-order valence-corrected chi connectivity index (χ0v) is 13.3. The molecule has 1 aliphatic heterocycles. The highest BCUT2D eigenvalue weighted by Crippen LogP contribution is 2.21. The Morgan fingerprint density at radius 2 is 2.00 bits per heavy atom. The van der Waals surface area contributed by atoms with Gasteiger partial charge in [-0.1, -0.05) is 13.8 Å². The predicted molar refractivity (Wildman–Crippen MR) is 85.4 cm³/mol. The second-order valence-electron chi connectivity index (χ2n) is 6.13. The normalized spacial score (nSPS) is 22.2. The van der Waals surface area contributed by atoms with Crippen LogP contribution in [0.2, 0.25) is 0 Å². The minimum Gasteiger partial charge on any atom is -0.354 e. The fourth-order valence-corrected chi connectivity index (χ4v) is 3.13. The summed E-state index contributed by atoms with van der Waals surface area (Å²) in [4.78, 5) is 14.1. The van der Waals surface area contributed by atoms with Gasteiger partial charge in [0.2, 0.25) is 0 Å². The summed E-state index contributed by atoms with van der Waals surface area (Å²) in [6, 6.07) is 1.39. The minimum absolute atomic E-state index is 0.665. The van der Waals surface area contributed by atoms with Crippen molar-refractivity contribution in [2.75, 3.05) is 31.1 Å². The Labute approximate surface area is 127 Å². The van der Waals surface area contributed by atoms with Crippen LogP contribution in [0.1, 0.15) is 38.8 Å². The number of anilines is 1. The van der Waals surface area contributed by atoms with Gasteiger partial charge in [-0.15, -0.1) is 0 Å². The van der Waals surface area contributed by atoms with Crippen LogP contribution < -0.4 is 10.2 Å². The van der Waals surface area contributed by atoms with Gasteiger partial charge < -0.3 is 10.2 Å². The lowest BCUT2D eigenvalue weighted by molar-refractivity contribution is 0.232. The van der Waals surface area contributed by atoms with Crippen molar-refractivity contribution in [3.8, 4) is 0 Å². The van der Waals surface area contributed by atoms with Crippen LogP contribution in [0, 0.1) is 0 Å². The molecular formula is C16H27N5. The fraction of sp³-hybridized carbons (Fsp3) is 0.750. The molecule has 2 heterocycles. The third-order valence-corrected chi connectivity index (χ3v) is 4.66. The van der Waals surface area contributed by atoms with Gasteiger partial charge >= 0.3 is 0 Å². The van der Waals surface area contributed by atoms with E-state index in [1.807, 2.05) is 12.4 Å². The molecule has 1 atom stereocenters. The Kier molecular flexibility index (Phi) is 4.70. The average Bonchev–Trinajstić information content (AvgIpc) is 3.23. The van der Waals surface area contributed by atoms with Crippen LogP contribution >= 0.6 is 0 Å². The number of nitrogens with zero attached hydrogens (tertiary/aromatic N) is 4. The van der Waals surface area contributed by atoms with Crippen LogP contribution in [0.4, 0.5) is 5.82 Å². The molecular weight excluding hydrogens is 262 g/mol. The van der Waals surface area contributed by atoms with Crippen LogP contribution in [0.3, 0.4) is 0 Å². The monoisotopic (exact) mass is 289 g/mol. The van der Waals surface area contributed by atoms with E-state index in [0.29, 0.717) is 6.04 Å². The third-order valence-electron chi connectivity index (χ3n) is 4.66. The van der Waals surface area contributed by atoms with Gasteiger partial charge in [-0.05, 0) is 32.4 Å². The van der Waals surface area contributed by atoms with Gasteiger partial charge in [0.15, 0.2) is 0 Å². The summed E-state index contributed by atoms with van der Waals surface area (Å²) in [6.07, 6.45) is 7.72. The van der Waals surface area contributed by atoms with Gasteiger partial charge in [0, 0.05) is 31.7 Å². The van der Waals surface area contributed by atoms with E-state index in [-0.39, 0.29) is 0 Å². The first-order chi connectivity index (χ1) is 10.3. The van der Waals surface area contributed by atoms with Crippen molar-refractivity contribution in [1.82, 2.24) is 20.2 Å². The van der Waals surface area contributed by atoms with E-state index >= 15 is 0 Å². The third kappa shape index (κ3) is 3.71. The van der Waals surface area contributed by atoms with Gasteiger partial charge in [0.05, 0.1) is 18.1 Å². The Balaban J connectivity index is 1.54. The molecule has 1 unspecified atom stereocenters. The summed E-state index contributed by atoms with van der Waals surface area (Å²) in [6.45, 7) is 9.77. The number of nitrogens with one attached hydrogen (secondary N) is 1. The molecule has 5 heteroatoms. The highest BCUT2D eigenvalue weighted by Gasteiger charge is 2.27. The molecule has 0 bridgehead atoms. The molecule has 1 aromatic heterocycles. The first kappa shape index (κ1) is 14.7. The molecule has 0 radical (unpaired) electrons. The molecule has 1 aliphatic carbocycles. The Hall–Kier alpha value is -1.20. The van der Waals surface area contributed by atoms with Gasteiger partial charge in [-0.25, -0.2) is 4.98 Å². The van der Waals surface area contributed by atoms with Crippen molar-refractivity contribution < 1.29 is 0 Å². The Morgan fingerprint density at radius 3 is 2.62 bits per heavy atom. The van der Waals surface area contributed by atoms with Crippen LogP contribution in [0.15, 0.2) is 12.4 Å². The molecule has 0 aromatic carbocycles. The molecule has 0 amide bonds. The van der Waals surface area contributed by atoms with Gasteiger partial charge in [0.25, 0.3) is 0 Å². The largest absolute Gasteiger partial charge is 0.354 e. The zero-order chi connectivity index (χ0) is 14.7. The SMILES string of the molecule is CCN(CC)C1CCN(c2cnc(CNC3CC3)cn2)C1. The lowest BCUT2D eigenvalue weighted by Crippen LogP contribution is -2.37. The molecule has 5 nitrogen and oxygen atoms in total. The van der Waals surface area contributed by atoms with Gasteiger partial charge in [0.1, 0.15) is 5.82 Å². The second-order valence-corrected chi connectivity index (χ2v) is 6.13. The van der Waals surface area contributed by atoms with E-state index in [1.54, 1.807) is 0 Å². The van der Waals surface area contributed by atoms with Crippen molar-refractivity contribution in [1.29, 1.82) is 0 Å². The lowest BCUT2D eigenvalue weighted by atomic mass is 10.2. The van der Waals surface area contributed by atoms with E-state index in [2.05, 4.69) is 38.9 Å². The molecule has 21 heavy (non-hydrogen) atoms. The summed E-state index contributed by atoms with van der Waals surface area (Å²) in [7, 11) is 0. The molecule has 1 saturated heterocycles. The number of likely N-dealkylation sites (N-methyl/N-ethyl adjacent to an activating group) is 1. The van der Waals surface area contributed by atoms with Gasteiger partial charge in [-0.2, -0.15) is 0 Å². The maximum atomic E-state index is 4.61. The number of aromatic nitrogens is 2. The summed E-state index contributed by atoms with van der Waals surface area (Å²) < 4.78 is 0. The first-order valence-electron chi connectivity index (χ1n) is 8.33. The van der Waals surface area contributed by atoms with E-state index in [4.69, 9.17) is 0 Å². The van der Waals surface area contributed by atoms with Crippen LogP contribution in [0.25, 0.3) is 0 Å². The summed E-state index contributed by atoms with van der Waals surface area (Å²) in [5, 5.41) is 3.48. The molecule has 1 saturated carbocycles. The highest BCUT2D eigenvalue weighted by molar-refractivity contribution is 5.37. The maximum Gasteiger partial charge on any atom is 0.147 e. The van der Waals surface area contributed by atoms with Crippen molar-refractivity contribution in [2.24, 2.45) is 0 Å².